The summed E-state index contributed by atoms with van der Waals surface area (Å²) in [7, 11) is 0. The van der Waals surface area contributed by atoms with Crippen LogP contribution in [-0.2, 0) is 0 Å². The number of thioether (sulfide) groups is 1. The molecule has 1 rings (SSSR count). The van der Waals surface area contributed by atoms with E-state index in [0.29, 0.717) is 0 Å². The minimum absolute atomic E-state index is 1.11. The maximum absolute atomic E-state index is 3.99. The molecular weight excluding hydrogens is 212 g/mol. The van der Waals surface area contributed by atoms with Gasteiger partial charge in [-0.3, -0.25) is 0 Å². The molecule has 0 atom stereocenters. The van der Waals surface area contributed by atoms with Gasteiger partial charge in [0.2, 0.25) is 0 Å². The van der Waals surface area contributed by atoms with Gasteiger partial charge in [-0.05, 0) is 6.42 Å². The molecule has 0 aliphatic heterocycles. The van der Waals surface area contributed by atoms with Gasteiger partial charge in [-0.1, -0.05) is 62.1 Å². The van der Waals surface area contributed by atoms with E-state index in [0.717, 1.165) is 4.34 Å². The molecule has 0 saturated heterocycles. The maximum Gasteiger partial charge on any atom is 0.174 e. The zero-order valence-electron chi connectivity index (χ0n) is 8.74. The van der Waals surface area contributed by atoms with Crippen molar-refractivity contribution in [1.29, 1.82) is 0 Å². The van der Waals surface area contributed by atoms with Crippen LogP contribution in [0.1, 0.15) is 45.4 Å². The molecule has 0 amide bonds. The molecule has 0 bridgehead atoms. The van der Waals surface area contributed by atoms with Gasteiger partial charge >= 0.3 is 0 Å². The third kappa shape index (κ3) is 5.60. The van der Waals surface area contributed by atoms with Crippen molar-refractivity contribution in [3.05, 3.63) is 5.51 Å². The van der Waals surface area contributed by atoms with Gasteiger partial charge in [-0.15, -0.1) is 10.2 Å². The van der Waals surface area contributed by atoms with E-state index in [2.05, 4.69) is 17.1 Å². The average Bonchev–Trinajstić information content (AvgIpc) is 2.69. The van der Waals surface area contributed by atoms with E-state index < -0.39 is 0 Å². The van der Waals surface area contributed by atoms with Crippen LogP contribution in [0.4, 0.5) is 0 Å². The van der Waals surface area contributed by atoms with Crippen LogP contribution in [0, 0.1) is 0 Å². The highest BCUT2D eigenvalue weighted by molar-refractivity contribution is 8.00. The summed E-state index contributed by atoms with van der Waals surface area (Å²) in [5.74, 6) is 1.20. The Morgan fingerprint density at radius 2 is 2.00 bits per heavy atom. The molecule has 14 heavy (non-hydrogen) atoms. The van der Waals surface area contributed by atoms with Gasteiger partial charge < -0.3 is 0 Å². The van der Waals surface area contributed by atoms with E-state index in [-0.39, 0.29) is 0 Å². The summed E-state index contributed by atoms with van der Waals surface area (Å²) >= 11 is 3.47. The predicted octanol–water partition coefficient (Wildman–Crippen LogP) is 3.99. The second kappa shape index (κ2) is 8.24. The second-order valence-corrected chi connectivity index (χ2v) is 5.50. The van der Waals surface area contributed by atoms with Crippen molar-refractivity contribution in [1.82, 2.24) is 10.2 Å². The lowest BCUT2D eigenvalue weighted by Gasteiger charge is -1.98. The summed E-state index contributed by atoms with van der Waals surface area (Å²) in [5.41, 5.74) is 1.80. The quantitative estimate of drug-likeness (QED) is 0.499. The third-order valence-electron chi connectivity index (χ3n) is 2.06. The smallest absolute Gasteiger partial charge is 0.146 e. The van der Waals surface area contributed by atoms with E-state index in [1.165, 1.54) is 44.3 Å². The highest BCUT2D eigenvalue weighted by Crippen LogP contribution is 2.20. The molecule has 0 spiro atoms. The molecule has 0 aromatic carbocycles. The van der Waals surface area contributed by atoms with Crippen molar-refractivity contribution in [2.45, 2.75) is 49.8 Å². The van der Waals surface area contributed by atoms with Crippen LogP contribution >= 0.6 is 23.1 Å². The van der Waals surface area contributed by atoms with E-state index in [9.17, 15) is 0 Å². The Balaban J connectivity index is 1.85. The number of unbranched alkanes of at least 4 members (excludes halogenated alkanes) is 5. The lowest BCUT2D eigenvalue weighted by Crippen LogP contribution is -1.82. The number of hydrogen-bond donors (Lipinski definition) is 0. The van der Waals surface area contributed by atoms with Gasteiger partial charge in [0.05, 0.1) is 0 Å². The van der Waals surface area contributed by atoms with Gasteiger partial charge in [0.15, 0.2) is 4.34 Å². The third-order valence-corrected chi connectivity index (χ3v) is 4.01. The van der Waals surface area contributed by atoms with Gasteiger partial charge in [-0.25, -0.2) is 0 Å². The number of nitrogens with zero attached hydrogens (tertiary/aromatic N) is 2. The number of rotatable bonds is 8. The van der Waals surface area contributed by atoms with Gasteiger partial charge in [-0.2, -0.15) is 0 Å². The topological polar surface area (TPSA) is 25.8 Å². The van der Waals surface area contributed by atoms with Crippen LogP contribution in [-0.4, -0.2) is 16.0 Å². The Hall–Kier alpha value is -0.0900. The summed E-state index contributed by atoms with van der Waals surface area (Å²) in [4.78, 5) is 0. The molecule has 0 unspecified atom stereocenters. The van der Waals surface area contributed by atoms with E-state index in [1.54, 1.807) is 16.8 Å². The highest BCUT2D eigenvalue weighted by Gasteiger charge is 1.96. The first-order valence-corrected chi connectivity index (χ1v) is 7.19. The molecule has 1 heterocycles. The predicted molar refractivity (Wildman–Crippen MR) is 64.0 cm³/mol. The first-order chi connectivity index (χ1) is 6.93. The molecular formula is C10H18N2S2. The first kappa shape index (κ1) is 12.0. The van der Waals surface area contributed by atoms with Gasteiger partial charge in [0.1, 0.15) is 5.51 Å². The van der Waals surface area contributed by atoms with Crippen molar-refractivity contribution < 1.29 is 0 Å². The summed E-state index contributed by atoms with van der Waals surface area (Å²) in [5, 5.41) is 7.80. The molecule has 80 valence electrons. The highest BCUT2D eigenvalue weighted by atomic mass is 32.2. The van der Waals surface area contributed by atoms with Crippen LogP contribution < -0.4 is 0 Å². The normalized spacial score (nSPS) is 10.6. The Morgan fingerprint density at radius 3 is 2.71 bits per heavy atom. The van der Waals surface area contributed by atoms with Crippen molar-refractivity contribution in [2.24, 2.45) is 0 Å². The number of aromatic nitrogens is 2. The molecule has 2 nitrogen and oxygen atoms in total. The molecule has 0 N–H and O–H groups in total. The standard InChI is InChI=1S/C10H18N2S2/c1-2-3-4-5-6-7-8-13-10-12-11-9-14-10/h9H,2-8H2,1H3. The van der Waals surface area contributed by atoms with Crippen molar-refractivity contribution in [3.8, 4) is 0 Å². The molecule has 1 aromatic heterocycles. The Morgan fingerprint density at radius 1 is 1.21 bits per heavy atom. The zero-order chi connectivity index (χ0) is 10.1. The summed E-state index contributed by atoms with van der Waals surface area (Å²) in [6.07, 6.45) is 8.20. The van der Waals surface area contributed by atoms with Crippen LogP contribution in [0.5, 0.6) is 0 Å². The maximum atomic E-state index is 3.99. The lowest BCUT2D eigenvalue weighted by molar-refractivity contribution is 0.627. The van der Waals surface area contributed by atoms with Crippen LogP contribution in [0.15, 0.2) is 9.85 Å². The fourth-order valence-corrected chi connectivity index (χ4v) is 2.83. The van der Waals surface area contributed by atoms with Crippen LogP contribution in [0.25, 0.3) is 0 Å². The Labute approximate surface area is 94.5 Å². The fourth-order valence-electron chi connectivity index (χ4n) is 1.27. The molecule has 0 saturated carbocycles. The second-order valence-electron chi connectivity index (χ2n) is 3.32. The Bertz CT molecular complexity index is 212. The monoisotopic (exact) mass is 230 g/mol. The Kier molecular flexibility index (Phi) is 7.05. The largest absolute Gasteiger partial charge is 0.174 e. The summed E-state index contributed by atoms with van der Waals surface area (Å²) < 4.78 is 1.11. The van der Waals surface area contributed by atoms with E-state index in [4.69, 9.17) is 0 Å². The summed E-state index contributed by atoms with van der Waals surface area (Å²) in [6, 6.07) is 0. The van der Waals surface area contributed by atoms with E-state index in [1.807, 2.05) is 11.8 Å². The molecule has 0 aliphatic carbocycles. The van der Waals surface area contributed by atoms with Crippen LogP contribution in [0.3, 0.4) is 0 Å². The minimum Gasteiger partial charge on any atom is -0.146 e. The molecule has 4 heteroatoms. The van der Waals surface area contributed by atoms with Gasteiger partial charge in [0, 0.05) is 5.75 Å². The lowest BCUT2D eigenvalue weighted by atomic mass is 10.1. The van der Waals surface area contributed by atoms with Crippen molar-refractivity contribution in [2.75, 3.05) is 5.75 Å². The molecule has 0 radical (unpaired) electrons. The first-order valence-electron chi connectivity index (χ1n) is 5.32. The molecule has 0 aliphatic rings. The SMILES string of the molecule is CCCCCCCCSc1nncs1. The van der Waals surface area contributed by atoms with Crippen molar-refractivity contribution >= 4 is 23.1 Å². The fraction of sp³-hybridized carbons (Fsp3) is 0.800. The zero-order valence-corrected chi connectivity index (χ0v) is 10.4. The van der Waals surface area contributed by atoms with Crippen molar-refractivity contribution in [3.63, 3.8) is 0 Å². The molecule has 1 aromatic rings. The van der Waals surface area contributed by atoms with Crippen LogP contribution in [0.2, 0.25) is 0 Å². The average molecular weight is 230 g/mol. The van der Waals surface area contributed by atoms with Gasteiger partial charge in [0.25, 0.3) is 0 Å². The minimum atomic E-state index is 1.11. The number of hydrogen-bond acceptors (Lipinski definition) is 4. The summed E-state index contributed by atoms with van der Waals surface area (Å²) in [6.45, 7) is 2.26. The van der Waals surface area contributed by atoms with E-state index >= 15 is 0 Å². The molecule has 0 fully saturated rings.